The summed E-state index contributed by atoms with van der Waals surface area (Å²) < 4.78 is 0. The van der Waals surface area contributed by atoms with Crippen molar-refractivity contribution < 1.29 is 0 Å². The topological polar surface area (TPSA) is 0 Å². The summed E-state index contributed by atoms with van der Waals surface area (Å²) in [6.07, 6.45) is 13.3. The third-order valence-electron chi connectivity index (χ3n) is 8.41. The molecule has 5 aliphatic rings. The lowest BCUT2D eigenvalue weighted by Gasteiger charge is -2.68. The van der Waals surface area contributed by atoms with E-state index in [-0.39, 0.29) is 0 Å². The molecule has 5 saturated carbocycles. The largest absolute Gasteiger partial charge is 0.0996 e. The van der Waals surface area contributed by atoms with Crippen LogP contribution in [0.3, 0.4) is 0 Å². The van der Waals surface area contributed by atoms with E-state index in [1.807, 2.05) is 0 Å². The van der Waals surface area contributed by atoms with Gasteiger partial charge in [0.15, 0.2) is 0 Å². The summed E-state index contributed by atoms with van der Waals surface area (Å²) in [5.41, 5.74) is 3.51. The number of rotatable bonds is 0. The quantitative estimate of drug-likeness (QED) is 0.476. The molecule has 1 spiro atoms. The van der Waals surface area contributed by atoms with E-state index in [9.17, 15) is 0 Å². The van der Waals surface area contributed by atoms with Gasteiger partial charge in [-0.2, -0.15) is 0 Å². The SMILES string of the molecule is C=C1C[C@]23CCC1CC2C1(C)CCCC(C)(C)[C@H]1CC3. The van der Waals surface area contributed by atoms with Crippen molar-refractivity contribution in [3.05, 3.63) is 12.2 Å². The molecule has 0 N–H and O–H groups in total. The molecule has 0 heteroatoms. The molecular weight excluding hydrogens is 240 g/mol. The third kappa shape index (κ3) is 1.54. The van der Waals surface area contributed by atoms with Crippen LogP contribution in [-0.4, -0.2) is 0 Å². The number of allylic oxidation sites excluding steroid dienone is 1. The third-order valence-corrected chi connectivity index (χ3v) is 8.41. The predicted octanol–water partition coefficient (Wildman–Crippen LogP) is 5.98. The summed E-state index contributed by atoms with van der Waals surface area (Å²) in [6.45, 7) is 12.3. The predicted molar refractivity (Wildman–Crippen MR) is 85.5 cm³/mol. The van der Waals surface area contributed by atoms with Gasteiger partial charge in [0.25, 0.3) is 0 Å². The van der Waals surface area contributed by atoms with Crippen LogP contribution in [0.2, 0.25) is 0 Å². The Morgan fingerprint density at radius 1 is 0.950 bits per heavy atom. The molecule has 0 saturated heterocycles. The molecule has 0 heterocycles. The highest BCUT2D eigenvalue weighted by Gasteiger charge is 2.62. The van der Waals surface area contributed by atoms with Crippen molar-refractivity contribution in [2.45, 2.75) is 78.6 Å². The Bertz CT molecular complexity index is 445. The standard InChI is InChI=1S/C20H32/c1-14-13-20-10-6-15(14)12-17(20)19(4)9-5-8-18(2,3)16(19)7-11-20/h15-17H,1,5-13H2,2-4H3/t15?,16-,17?,19?,20-/m1/s1. The number of hydrogen-bond donors (Lipinski definition) is 0. The first-order valence-electron chi connectivity index (χ1n) is 9.05. The number of hydrogen-bond acceptors (Lipinski definition) is 0. The van der Waals surface area contributed by atoms with Gasteiger partial charge >= 0.3 is 0 Å². The second-order valence-electron chi connectivity index (χ2n) is 9.66. The lowest BCUT2D eigenvalue weighted by atomic mass is 9.37. The maximum Gasteiger partial charge on any atom is -0.0202 e. The Morgan fingerprint density at radius 2 is 1.70 bits per heavy atom. The van der Waals surface area contributed by atoms with Crippen LogP contribution in [0.4, 0.5) is 0 Å². The van der Waals surface area contributed by atoms with Crippen LogP contribution in [0, 0.1) is 34.0 Å². The molecule has 5 atom stereocenters. The normalized spacial score (nSPS) is 53.4. The van der Waals surface area contributed by atoms with Crippen LogP contribution in [-0.2, 0) is 0 Å². The van der Waals surface area contributed by atoms with Crippen molar-refractivity contribution >= 4 is 0 Å². The van der Waals surface area contributed by atoms with Crippen LogP contribution >= 0.6 is 0 Å². The van der Waals surface area contributed by atoms with Crippen molar-refractivity contribution in [2.75, 3.05) is 0 Å². The lowest BCUT2D eigenvalue weighted by Crippen LogP contribution is -2.59. The van der Waals surface area contributed by atoms with Gasteiger partial charge in [-0.05, 0) is 85.4 Å². The van der Waals surface area contributed by atoms with E-state index in [1.54, 1.807) is 5.57 Å². The number of fused-ring (bicyclic) bond motifs is 3. The van der Waals surface area contributed by atoms with Crippen molar-refractivity contribution in [1.82, 2.24) is 0 Å². The molecule has 2 bridgehead atoms. The van der Waals surface area contributed by atoms with Crippen LogP contribution in [0.5, 0.6) is 0 Å². The van der Waals surface area contributed by atoms with E-state index in [4.69, 9.17) is 0 Å². The average molecular weight is 272 g/mol. The first-order valence-corrected chi connectivity index (χ1v) is 9.05. The van der Waals surface area contributed by atoms with Crippen molar-refractivity contribution in [1.29, 1.82) is 0 Å². The van der Waals surface area contributed by atoms with Crippen LogP contribution in [0.1, 0.15) is 78.6 Å². The maximum atomic E-state index is 4.44. The summed E-state index contributed by atoms with van der Waals surface area (Å²) >= 11 is 0. The maximum absolute atomic E-state index is 4.44. The summed E-state index contributed by atoms with van der Waals surface area (Å²) in [5.74, 6) is 2.87. The van der Waals surface area contributed by atoms with Gasteiger partial charge in [-0.15, -0.1) is 0 Å². The van der Waals surface area contributed by atoms with Gasteiger partial charge in [0.2, 0.25) is 0 Å². The summed E-state index contributed by atoms with van der Waals surface area (Å²) in [4.78, 5) is 0. The molecule has 0 aromatic rings. The molecule has 0 radical (unpaired) electrons. The zero-order valence-corrected chi connectivity index (χ0v) is 13.8. The highest BCUT2D eigenvalue weighted by molar-refractivity contribution is 5.21. The molecule has 0 amide bonds. The van der Waals surface area contributed by atoms with Crippen LogP contribution in [0.25, 0.3) is 0 Å². The molecule has 112 valence electrons. The minimum atomic E-state index is 0.586. The molecule has 0 aromatic heterocycles. The Kier molecular flexibility index (Phi) is 2.63. The van der Waals surface area contributed by atoms with Crippen molar-refractivity contribution in [3.8, 4) is 0 Å². The minimum Gasteiger partial charge on any atom is -0.0996 e. The first kappa shape index (κ1) is 13.4. The fourth-order valence-electron chi connectivity index (χ4n) is 7.56. The summed E-state index contributed by atoms with van der Waals surface area (Å²) in [6, 6.07) is 0. The van der Waals surface area contributed by atoms with E-state index in [0.29, 0.717) is 16.2 Å². The highest BCUT2D eigenvalue weighted by Crippen LogP contribution is 2.71. The van der Waals surface area contributed by atoms with Crippen molar-refractivity contribution in [3.63, 3.8) is 0 Å². The molecule has 3 unspecified atom stereocenters. The van der Waals surface area contributed by atoms with Gasteiger partial charge in [0.05, 0.1) is 0 Å². The van der Waals surface area contributed by atoms with Gasteiger partial charge in [0.1, 0.15) is 0 Å². The Balaban J connectivity index is 1.75. The average Bonchev–Trinajstić information content (AvgIpc) is 2.37. The van der Waals surface area contributed by atoms with E-state index in [1.165, 1.54) is 57.8 Å². The van der Waals surface area contributed by atoms with E-state index in [0.717, 1.165) is 17.8 Å². The van der Waals surface area contributed by atoms with Gasteiger partial charge < -0.3 is 0 Å². The minimum absolute atomic E-state index is 0.586. The zero-order chi connectivity index (χ0) is 14.2. The first-order chi connectivity index (χ1) is 9.37. The highest BCUT2D eigenvalue weighted by atomic mass is 14.7. The molecule has 0 nitrogen and oxygen atoms in total. The monoisotopic (exact) mass is 272 g/mol. The Hall–Kier alpha value is -0.260. The molecule has 20 heavy (non-hydrogen) atoms. The van der Waals surface area contributed by atoms with Gasteiger partial charge in [0, 0.05) is 0 Å². The zero-order valence-electron chi connectivity index (χ0n) is 13.8. The second-order valence-corrected chi connectivity index (χ2v) is 9.66. The van der Waals surface area contributed by atoms with Gasteiger partial charge in [-0.25, -0.2) is 0 Å². The summed E-state index contributed by atoms with van der Waals surface area (Å²) in [5, 5.41) is 0. The Morgan fingerprint density at radius 3 is 2.45 bits per heavy atom. The van der Waals surface area contributed by atoms with Crippen LogP contribution < -0.4 is 0 Å². The van der Waals surface area contributed by atoms with Gasteiger partial charge in [-0.1, -0.05) is 39.3 Å². The molecule has 0 aliphatic heterocycles. The van der Waals surface area contributed by atoms with E-state index >= 15 is 0 Å². The lowest BCUT2D eigenvalue weighted by molar-refractivity contribution is -0.167. The molecule has 5 fully saturated rings. The van der Waals surface area contributed by atoms with E-state index in [2.05, 4.69) is 27.4 Å². The van der Waals surface area contributed by atoms with Crippen molar-refractivity contribution in [2.24, 2.45) is 34.0 Å². The van der Waals surface area contributed by atoms with Crippen LogP contribution in [0.15, 0.2) is 12.2 Å². The smallest absolute Gasteiger partial charge is 0.0202 e. The Labute approximate surface area is 125 Å². The fraction of sp³-hybridized carbons (Fsp3) is 0.900. The van der Waals surface area contributed by atoms with E-state index < -0.39 is 0 Å². The molecular formula is C20H32. The molecule has 5 rings (SSSR count). The molecule has 0 aromatic carbocycles. The fourth-order valence-corrected chi connectivity index (χ4v) is 7.56. The van der Waals surface area contributed by atoms with Gasteiger partial charge in [-0.3, -0.25) is 0 Å². The second kappa shape index (κ2) is 3.93. The molecule has 5 aliphatic carbocycles. The summed E-state index contributed by atoms with van der Waals surface area (Å²) in [7, 11) is 0.